The molecule has 0 bridgehead atoms. The Morgan fingerprint density at radius 3 is 2.50 bits per heavy atom. The zero-order chi connectivity index (χ0) is 26.4. The van der Waals surface area contributed by atoms with Gasteiger partial charge in [-0.3, -0.25) is 19.6 Å². The molecule has 2 atom stereocenters. The Kier molecular flexibility index (Phi) is 6.58. The average Bonchev–Trinajstić information content (AvgIpc) is 3.68. The van der Waals surface area contributed by atoms with Crippen LogP contribution in [0.5, 0.6) is 0 Å². The van der Waals surface area contributed by atoms with E-state index in [-0.39, 0.29) is 11.9 Å². The molecule has 0 aliphatic carbocycles. The predicted molar refractivity (Wildman–Crippen MR) is 137 cm³/mol. The molecular weight excluding hydrogens is 517 g/mol. The molecule has 3 aromatic rings. The van der Waals surface area contributed by atoms with E-state index in [1.807, 2.05) is 38.3 Å². The van der Waals surface area contributed by atoms with Crippen molar-refractivity contribution in [3.05, 3.63) is 64.4 Å². The fourth-order valence-corrected chi connectivity index (χ4v) is 6.27. The number of pyridine rings is 1. The van der Waals surface area contributed by atoms with Gasteiger partial charge in [-0.05, 0) is 42.3 Å². The van der Waals surface area contributed by atoms with Gasteiger partial charge < -0.3 is 14.9 Å². The van der Waals surface area contributed by atoms with Crippen LogP contribution in [0, 0.1) is 0 Å². The maximum atomic E-state index is 13.2. The lowest BCUT2D eigenvalue weighted by Gasteiger charge is -2.39. The Hall–Kier alpha value is -3.06. The second-order valence-corrected chi connectivity index (χ2v) is 10.7. The van der Waals surface area contributed by atoms with Gasteiger partial charge in [0.2, 0.25) is 5.91 Å². The van der Waals surface area contributed by atoms with E-state index in [9.17, 15) is 23.1 Å². The molecule has 1 aromatic carbocycles. The first-order chi connectivity index (χ1) is 18.3. The van der Waals surface area contributed by atoms with Gasteiger partial charge in [-0.1, -0.05) is 0 Å². The SMILES string of the molecule is O=C1CC(N2CCN(C(O)c3nccs3)CC2)CN1c1ccc2c(c1)CCN2c1ccnc(C(F)(F)F)c1. The van der Waals surface area contributed by atoms with Gasteiger partial charge in [0.05, 0.1) is 0 Å². The number of piperazine rings is 1. The molecule has 1 amide bonds. The fraction of sp³-hybridized carbons (Fsp3) is 0.423. The Bertz CT molecular complexity index is 1310. The topological polar surface area (TPSA) is 76.0 Å². The summed E-state index contributed by atoms with van der Waals surface area (Å²) >= 11 is 1.44. The van der Waals surface area contributed by atoms with Crippen LogP contribution in [0.4, 0.5) is 30.2 Å². The minimum atomic E-state index is -4.50. The summed E-state index contributed by atoms with van der Waals surface area (Å²) < 4.78 is 39.5. The van der Waals surface area contributed by atoms with Gasteiger partial charge in [-0.15, -0.1) is 11.3 Å². The fourth-order valence-electron chi connectivity index (χ4n) is 5.61. The van der Waals surface area contributed by atoms with E-state index < -0.39 is 18.1 Å². The summed E-state index contributed by atoms with van der Waals surface area (Å²) in [6, 6.07) is 8.53. The van der Waals surface area contributed by atoms with Crippen LogP contribution in [-0.4, -0.2) is 76.1 Å². The number of nitrogens with zero attached hydrogens (tertiary/aromatic N) is 6. The van der Waals surface area contributed by atoms with Crippen LogP contribution in [0.15, 0.2) is 48.1 Å². The van der Waals surface area contributed by atoms with Crippen molar-refractivity contribution in [2.24, 2.45) is 0 Å². The molecule has 0 radical (unpaired) electrons. The number of anilines is 3. The third-order valence-electron chi connectivity index (χ3n) is 7.60. The number of rotatable bonds is 5. The van der Waals surface area contributed by atoms with Crippen molar-refractivity contribution < 1.29 is 23.1 Å². The summed E-state index contributed by atoms with van der Waals surface area (Å²) in [6.07, 6.45) is -1.19. The number of carbonyl (C=O) groups excluding carboxylic acids is 1. The number of alkyl halides is 3. The molecule has 6 rings (SSSR count). The van der Waals surface area contributed by atoms with Gasteiger partial charge in [0, 0.05) is 86.6 Å². The lowest BCUT2D eigenvalue weighted by atomic mass is 10.1. The molecule has 0 spiro atoms. The van der Waals surface area contributed by atoms with E-state index in [1.165, 1.54) is 17.5 Å². The molecule has 3 aliphatic heterocycles. The first kappa shape index (κ1) is 25.2. The summed E-state index contributed by atoms with van der Waals surface area (Å²) in [4.78, 5) is 28.7. The zero-order valence-electron chi connectivity index (χ0n) is 20.5. The summed E-state index contributed by atoms with van der Waals surface area (Å²) in [5, 5.41) is 13.1. The third kappa shape index (κ3) is 4.77. The van der Waals surface area contributed by atoms with Gasteiger partial charge in [-0.25, -0.2) is 4.98 Å². The van der Waals surface area contributed by atoms with E-state index in [0.717, 1.165) is 36.1 Å². The second kappa shape index (κ2) is 9.92. The Balaban J connectivity index is 1.11. The van der Waals surface area contributed by atoms with Gasteiger partial charge in [0.1, 0.15) is 10.7 Å². The first-order valence-corrected chi connectivity index (χ1v) is 13.5. The zero-order valence-corrected chi connectivity index (χ0v) is 21.3. The summed E-state index contributed by atoms with van der Waals surface area (Å²) in [5.74, 6) is 0.0685. The Morgan fingerprint density at radius 1 is 0.974 bits per heavy atom. The van der Waals surface area contributed by atoms with Gasteiger partial charge in [-0.2, -0.15) is 13.2 Å². The number of halogens is 3. The van der Waals surface area contributed by atoms with E-state index in [4.69, 9.17) is 0 Å². The van der Waals surface area contributed by atoms with Crippen LogP contribution in [0.2, 0.25) is 0 Å². The highest BCUT2D eigenvalue weighted by molar-refractivity contribution is 7.09. The minimum Gasteiger partial charge on any atom is -0.372 e. The molecular formula is C26H27F3N6O2S. The molecule has 2 aromatic heterocycles. The molecule has 2 unspecified atom stereocenters. The van der Waals surface area contributed by atoms with Crippen molar-refractivity contribution in [1.82, 2.24) is 19.8 Å². The molecule has 0 saturated carbocycles. The van der Waals surface area contributed by atoms with Crippen molar-refractivity contribution in [1.29, 1.82) is 0 Å². The van der Waals surface area contributed by atoms with Crippen molar-refractivity contribution in [2.75, 3.05) is 49.1 Å². The van der Waals surface area contributed by atoms with Crippen LogP contribution in [-0.2, 0) is 17.4 Å². The highest BCUT2D eigenvalue weighted by atomic mass is 32.1. The van der Waals surface area contributed by atoms with Crippen LogP contribution in [0.3, 0.4) is 0 Å². The summed E-state index contributed by atoms with van der Waals surface area (Å²) in [5.41, 5.74) is 2.23. The second-order valence-electron chi connectivity index (χ2n) is 9.79. The molecule has 8 nitrogen and oxygen atoms in total. The molecule has 5 heterocycles. The maximum absolute atomic E-state index is 13.2. The van der Waals surface area contributed by atoms with Crippen molar-refractivity contribution in [2.45, 2.75) is 31.3 Å². The van der Waals surface area contributed by atoms with Crippen LogP contribution < -0.4 is 9.80 Å². The van der Waals surface area contributed by atoms with E-state index in [1.54, 1.807) is 12.3 Å². The first-order valence-electron chi connectivity index (χ1n) is 12.6. The molecule has 12 heteroatoms. The molecule has 38 heavy (non-hydrogen) atoms. The number of amides is 1. The lowest BCUT2D eigenvalue weighted by Crippen LogP contribution is -2.51. The number of benzene rings is 1. The largest absolute Gasteiger partial charge is 0.433 e. The van der Waals surface area contributed by atoms with E-state index >= 15 is 0 Å². The monoisotopic (exact) mass is 544 g/mol. The number of hydrogen-bond acceptors (Lipinski definition) is 8. The molecule has 1 N–H and O–H groups in total. The van der Waals surface area contributed by atoms with E-state index in [0.29, 0.717) is 49.7 Å². The predicted octanol–water partition coefficient (Wildman–Crippen LogP) is 3.67. The number of hydrogen-bond donors (Lipinski definition) is 1. The average molecular weight is 545 g/mol. The summed E-state index contributed by atoms with van der Waals surface area (Å²) in [7, 11) is 0. The maximum Gasteiger partial charge on any atom is 0.433 e. The summed E-state index contributed by atoms with van der Waals surface area (Å²) in [6.45, 7) is 4.08. The standard InChI is InChI=1S/C26H27F3N6O2S/c27-26(28,29)22-14-19(3-5-30-22)34-7-4-17-13-18(1-2-21(17)34)35-16-20(15-23(35)36)32-8-10-33(11-9-32)25(37)24-31-6-12-38-24/h1-3,5-6,12-14,20,25,37H,4,7-11,15-16H2. The van der Waals surface area contributed by atoms with Crippen LogP contribution >= 0.6 is 11.3 Å². The van der Waals surface area contributed by atoms with Crippen molar-refractivity contribution in [3.63, 3.8) is 0 Å². The highest BCUT2D eigenvalue weighted by Crippen LogP contribution is 2.39. The van der Waals surface area contributed by atoms with Crippen molar-refractivity contribution >= 4 is 34.3 Å². The van der Waals surface area contributed by atoms with Crippen molar-refractivity contribution in [3.8, 4) is 0 Å². The van der Waals surface area contributed by atoms with Gasteiger partial charge in [0.25, 0.3) is 0 Å². The quantitative estimate of drug-likeness (QED) is 0.526. The molecule has 2 fully saturated rings. The number of aromatic nitrogens is 2. The molecule has 3 aliphatic rings. The number of thiazole rings is 1. The number of fused-ring (bicyclic) bond motifs is 1. The molecule has 200 valence electrons. The number of carbonyl (C=O) groups is 1. The Morgan fingerprint density at radius 2 is 1.76 bits per heavy atom. The van der Waals surface area contributed by atoms with Gasteiger partial charge in [0.15, 0.2) is 6.23 Å². The van der Waals surface area contributed by atoms with Gasteiger partial charge >= 0.3 is 6.18 Å². The number of aliphatic hydroxyl groups excluding tert-OH is 1. The Labute approximate surface area is 221 Å². The lowest BCUT2D eigenvalue weighted by molar-refractivity contribution is -0.141. The highest BCUT2D eigenvalue weighted by Gasteiger charge is 2.37. The van der Waals surface area contributed by atoms with E-state index in [2.05, 4.69) is 14.9 Å². The van der Waals surface area contributed by atoms with Crippen LogP contribution in [0.1, 0.15) is 28.9 Å². The smallest absolute Gasteiger partial charge is 0.372 e. The number of aliphatic hydroxyl groups is 1. The minimum absolute atomic E-state index is 0.0685. The third-order valence-corrected chi connectivity index (χ3v) is 8.42. The van der Waals surface area contributed by atoms with Crippen LogP contribution in [0.25, 0.3) is 0 Å². The molecule has 2 saturated heterocycles. The normalized spacial score (nSPS) is 21.8.